The molecule has 0 radical (unpaired) electrons. The van der Waals surface area contributed by atoms with E-state index in [9.17, 15) is 8.78 Å². The predicted molar refractivity (Wildman–Crippen MR) is 70.4 cm³/mol. The van der Waals surface area contributed by atoms with Crippen LogP contribution in [-0.4, -0.2) is 4.98 Å². The van der Waals surface area contributed by atoms with Crippen molar-refractivity contribution in [3.8, 4) is 0 Å². The first kappa shape index (κ1) is 13.0. The first-order valence-corrected chi connectivity index (χ1v) is 6.16. The highest BCUT2D eigenvalue weighted by Gasteiger charge is 2.08. The van der Waals surface area contributed by atoms with Crippen molar-refractivity contribution in [2.24, 2.45) is 0 Å². The quantitative estimate of drug-likeness (QED) is 0.865. The Kier molecular flexibility index (Phi) is 3.91. The largest absolute Gasteiger partial charge is 0.377 e. The minimum atomic E-state index is -0.621. The Bertz CT molecular complexity index is 573. The highest BCUT2D eigenvalue weighted by Crippen LogP contribution is 2.24. The third kappa shape index (κ3) is 2.85. The number of aryl methyl sites for hydroxylation is 1. The van der Waals surface area contributed by atoms with Crippen LogP contribution in [-0.2, 0) is 6.54 Å². The first-order chi connectivity index (χ1) is 8.58. The molecule has 0 spiro atoms. The smallest absolute Gasteiger partial charge is 0.149 e. The van der Waals surface area contributed by atoms with E-state index in [0.29, 0.717) is 6.54 Å². The molecule has 2 rings (SSSR count). The number of rotatable bonds is 3. The van der Waals surface area contributed by atoms with Gasteiger partial charge in [-0.3, -0.25) is 4.98 Å². The van der Waals surface area contributed by atoms with Gasteiger partial charge in [-0.05, 0) is 40.5 Å². The molecule has 0 saturated carbocycles. The lowest BCUT2D eigenvalue weighted by Gasteiger charge is -2.09. The van der Waals surface area contributed by atoms with Crippen molar-refractivity contribution in [2.45, 2.75) is 13.5 Å². The zero-order valence-corrected chi connectivity index (χ0v) is 11.3. The number of hydrogen-bond donors (Lipinski definition) is 1. The van der Waals surface area contributed by atoms with Crippen LogP contribution in [0, 0.1) is 18.6 Å². The lowest BCUT2D eigenvalue weighted by Crippen LogP contribution is -2.05. The van der Waals surface area contributed by atoms with Gasteiger partial charge in [-0.1, -0.05) is 6.07 Å². The fourth-order valence-corrected chi connectivity index (χ4v) is 1.88. The van der Waals surface area contributed by atoms with Crippen LogP contribution < -0.4 is 5.32 Å². The van der Waals surface area contributed by atoms with E-state index in [4.69, 9.17) is 0 Å². The van der Waals surface area contributed by atoms with Crippen LogP contribution in [0.15, 0.2) is 34.9 Å². The maximum Gasteiger partial charge on any atom is 0.149 e. The van der Waals surface area contributed by atoms with Crippen molar-refractivity contribution in [2.75, 3.05) is 5.32 Å². The normalized spacial score (nSPS) is 10.4. The molecule has 0 atom stereocenters. The number of benzene rings is 1. The van der Waals surface area contributed by atoms with Crippen LogP contribution in [0.3, 0.4) is 0 Å². The molecule has 1 heterocycles. The monoisotopic (exact) mass is 312 g/mol. The van der Waals surface area contributed by atoms with Gasteiger partial charge in [0.2, 0.25) is 0 Å². The third-order valence-electron chi connectivity index (χ3n) is 2.57. The standard InChI is InChI=1S/C13H11BrF2N2/c1-8-3-2-4-17-13(8)7-18-12-5-9(14)10(15)6-11(12)16/h2-6,18H,7H2,1H3. The Morgan fingerprint density at radius 3 is 2.78 bits per heavy atom. The lowest BCUT2D eigenvalue weighted by atomic mass is 10.2. The summed E-state index contributed by atoms with van der Waals surface area (Å²) in [4.78, 5) is 4.19. The van der Waals surface area contributed by atoms with Crippen molar-refractivity contribution in [1.29, 1.82) is 0 Å². The minimum absolute atomic E-state index is 0.226. The number of nitrogens with zero attached hydrogens (tertiary/aromatic N) is 1. The van der Waals surface area contributed by atoms with Crippen LogP contribution in [0.4, 0.5) is 14.5 Å². The summed E-state index contributed by atoms with van der Waals surface area (Å²) in [5, 5.41) is 2.90. The van der Waals surface area contributed by atoms with Gasteiger partial charge in [-0.2, -0.15) is 0 Å². The maximum atomic E-state index is 13.5. The number of aromatic nitrogens is 1. The SMILES string of the molecule is Cc1cccnc1CNc1cc(Br)c(F)cc1F. The van der Waals surface area contributed by atoms with Gasteiger partial charge >= 0.3 is 0 Å². The molecular formula is C13H11BrF2N2. The molecule has 18 heavy (non-hydrogen) atoms. The molecule has 0 fully saturated rings. The van der Waals surface area contributed by atoms with Crippen LogP contribution in [0.1, 0.15) is 11.3 Å². The van der Waals surface area contributed by atoms with E-state index in [1.54, 1.807) is 6.20 Å². The zero-order chi connectivity index (χ0) is 13.1. The van der Waals surface area contributed by atoms with Crippen LogP contribution in [0.5, 0.6) is 0 Å². The Labute approximate surface area is 112 Å². The molecule has 1 N–H and O–H groups in total. The minimum Gasteiger partial charge on any atom is -0.377 e. The summed E-state index contributed by atoms with van der Waals surface area (Å²) in [6.45, 7) is 2.32. The van der Waals surface area contributed by atoms with Gasteiger partial charge in [-0.25, -0.2) is 8.78 Å². The van der Waals surface area contributed by atoms with E-state index < -0.39 is 11.6 Å². The molecular weight excluding hydrogens is 302 g/mol. The molecule has 2 aromatic rings. The summed E-state index contributed by atoms with van der Waals surface area (Å²) in [6, 6.07) is 6.00. The summed E-state index contributed by atoms with van der Waals surface area (Å²) >= 11 is 3.02. The van der Waals surface area contributed by atoms with Crippen molar-refractivity contribution in [3.63, 3.8) is 0 Å². The average Bonchev–Trinajstić information content (AvgIpc) is 2.34. The molecule has 0 aliphatic rings. The van der Waals surface area contributed by atoms with Gasteiger partial charge in [0.05, 0.1) is 22.4 Å². The Morgan fingerprint density at radius 1 is 1.28 bits per heavy atom. The summed E-state index contributed by atoms with van der Waals surface area (Å²) in [6.07, 6.45) is 1.68. The maximum absolute atomic E-state index is 13.5. The molecule has 0 unspecified atom stereocenters. The van der Waals surface area contributed by atoms with Gasteiger partial charge in [0.15, 0.2) is 0 Å². The van der Waals surface area contributed by atoms with Crippen LogP contribution in [0.25, 0.3) is 0 Å². The molecule has 1 aromatic heterocycles. The molecule has 0 aliphatic heterocycles. The second-order valence-corrected chi connectivity index (χ2v) is 4.72. The van der Waals surface area contributed by atoms with Crippen LogP contribution in [0.2, 0.25) is 0 Å². The van der Waals surface area contributed by atoms with Crippen molar-refractivity contribution >= 4 is 21.6 Å². The van der Waals surface area contributed by atoms with Gasteiger partial charge in [-0.15, -0.1) is 0 Å². The van der Waals surface area contributed by atoms with Gasteiger partial charge in [0.1, 0.15) is 11.6 Å². The molecule has 1 aromatic carbocycles. The van der Waals surface area contributed by atoms with E-state index in [2.05, 4.69) is 26.2 Å². The number of anilines is 1. The van der Waals surface area contributed by atoms with E-state index in [1.165, 1.54) is 6.07 Å². The highest BCUT2D eigenvalue weighted by molar-refractivity contribution is 9.10. The van der Waals surface area contributed by atoms with E-state index in [1.807, 2.05) is 19.1 Å². The fraction of sp³-hybridized carbons (Fsp3) is 0.154. The Morgan fingerprint density at radius 2 is 2.06 bits per heavy atom. The topological polar surface area (TPSA) is 24.9 Å². The third-order valence-corrected chi connectivity index (χ3v) is 3.18. The number of hydrogen-bond acceptors (Lipinski definition) is 2. The summed E-state index contributed by atoms with van der Waals surface area (Å²) in [7, 11) is 0. The van der Waals surface area contributed by atoms with Crippen molar-refractivity contribution in [3.05, 3.63) is 57.8 Å². The molecule has 2 nitrogen and oxygen atoms in total. The van der Waals surface area contributed by atoms with Gasteiger partial charge in [0, 0.05) is 12.3 Å². The highest BCUT2D eigenvalue weighted by atomic mass is 79.9. The van der Waals surface area contributed by atoms with E-state index in [0.717, 1.165) is 17.3 Å². The van der Waals surface area contributed by atoms with Crippen LogP contribution >= 0.6 is 15.9 Å². The summed E-state index contributed by atoms with van der Waals surface area (Å²) < 4.78 is 26.8. The second kappa shape index (κ2) is 5.44. The summed E-state index contributed by atoms with van der Waals surface area (Å²) in [5.74, 6) is -1.24. The molecule has 5 heteroatoms. The fourth-order valence-electron chi connectivity index (χ4n) is 1.54. The van der Waals surface area contributed by atoms with E-state index >= 15 is 0 Å². The van der Waals surface area contributed by atoms with Crippen molar-refractivity contribution in [1.82, 2.24) is 4.98 Å². The number of nitrogens with one attached hydrogen (secondary N) is 1. The molecule has 94 valence electrons. The van der Waals surface area contributed by atoms with Crippen molar-refractivity contribution < 1.29 is 8.78 Å². The lowest BCUT2D eigenvalue weighted by molar-refractivity contribution is 0.580. The number of halogens is 3. The first-order valence-electron chi connectivity index (χ1n) is 5.37. The Balaban J connectivity index is 2.16. The molecule has 0 amide bonds. The predicted octanol–water partition coefficient (Wildman–Crippen LogP) is 4.04. The van der Waals surface area contributed by atoms with Gasteiger partial charge < -0.3 is 5.32 Å². The summed E-state index contributed by atoms with van der Waals surface area (Å²) in [5.41, 5.74) is 2.09. The average molecular weight is 313 g/mol. The molecule has 0 saturated heterocycles. The number of pyridine rings is 1. The van der Waals surface area contributed by atoms with E-state index in [-0.39, 0.29) is 10.2 Å². The second-order valence-electron chi connectivity index (χ2n) is 3.87. The zero-order valence-electron chi connectivity index (χ0n) is 9.67. The van der Waals surface area contributed by atoms with Gasteiger partial charge in [0.25, 0.3) is 0 Å². The molecule has 0 bridgehead atoms. The molecule has 0 aliphatic carbocycles. The Hall–Kier alpha value is -1.49.